The number of hydrogen-bond donors (Lipinski definition) is 3. The van der Waals surface area contributed by atoms with Crippen molar-refractivity contribution in [2.45, 2.75) is 39.8 Å². The second-order valence-corrected chi connectivity index (χ2v) is 8.15. The van der Waals surface area contributed by atoms with Crippen LogP contribution in [0.4, 0.5) is 5.13 Å². The van der Waals surface area contributed by atoms with Crippen molar-refractivity contribution in [2.24, 2.45) is 5.73 Å². The van der Waals surface area contributed by atoms with Gasteiger partial charge in [0.1, 0.15) is 0 Å². The topological polar surface area (TPSA) is 97.1 Å². The summed E-state index contributed by atoms with van der Waals surface area (Å²) in [7, 11) is 0. The van der Waals surface area contributed by atoms with E-state index in [4.69, 9.17) is 5.73 Å². The summed E-state index contributed by atoms with van der Waals surface area (Å²) in [5.41, 5.74) is 5.67. The average Bonchev–Trinajstić information content (AvgIpc) is 3.02. The fourth-order valence-corrected chi connectivity index (χ4v) is 3.63. The van der Waals surface area contributed by atoms with Crippen molar-refractivity contribution in [2.75, 3.05) is 5.32 Å². The Morgan fingerprint density at radius 2 is 1.96 bits per heavy atom. The third kappa shape index (κ3) is 5.27. The van der Waals surface area contributed by atoms with Crippen LogP contribution in [-0.2, 0) is 16.1 Å². The van der Waals surface area contributed by atoms with Crippen molar-refractivity contribution in [3.05, 3.63) is 21.9 Å². The third-order valence-electron chi connectivity index (χ3n) is 3.01. The minimum Gasteiger partial charge on any atom is -0.351 e. The first-order valence-corrected chi connectivity index (χ1v) is 8.71. The van der Waals surface area contributed by atoms with Gasteiger partial charge in [-0.05, 0) is 32.9 Å². The molecule has 2 aromatic heterocycles. The number of carbonyl (C=O) groups excluding carboxylic acids is 2. The molecule has 0 unspecified atom stereocenters. The molecule has 0 aromatic carbocycles. The summed E-state index contributed by atoms with van der Waals surface area (Å²) in [4.78, 5) is 30.5. The van der Waals surface area contributed by atoms with Gasteiger partial charge in [0.2, 0.25) is 11.8 Å². The van der Waals surface area contributed by atoms with E-state index < -0.39 is 5.54 Å². The zero-order valence-corrected chi connectivity index (χ0v) is 16.4. The fraction of sp³-hybridized carbons (Fsp3) is 0.400. The molecule has 2 amide bonds. The molecule has 0 atom stereocenters. The van der Waals surface area contributed by atoms with E-state index in [2.05, 4.69) is 15.6 Å². The quantitative estimate of drug-likeness (QED) is 0.733. The number of aryl methyl sites for hydroxylation is 1. The van der Waals surface area contributed by atoms with Crippen LogP contribution in [-0.4, -0.2) is 22.3 Å². The lowest BCUT2D eigenvalue weighted by Crippen LogP contribution is -2.45. The van der Waals surface area contributed by atoms with Crippen LogP contribution in [0.1, 0.15) is 30.5 Å². The van der Waals surface area contributed by atoms with Gasteiger partial charge in [0.25, 0.3) is 0 Å². The van der Waals surface area contributed by atoms with E-state index in [1.165, 1.54) is 18.3 Å². The van der Waals surface area contributed by atoms with Gasteiger partial charge in [-0.2, -0.15) is 0 Å². The molecular formula is C15H21ClN4O2S2. The molecule has 4 N–H and O–H groups in total. The summed E-state index contributed by atoms with van der Waals surface area (Å²) >= 11 is 2.99. The second-order valence-electron chi connectivity index (χ2n) is 5.78. The number of carbonyl (C=O) groups is 2. The normalized spacial score (nSPS) is 10.9. The molecule has 6 nitrogen and oxygen atoms in total. The maximum absolute atomic E-state index is 11.9. The first-order valence-electron chi connectivity index (χ1n) is 7.08. The second kappa shape index (κ2) is 8.06. The van der Waals surface area contributed by atoms with Crippen molar-refractivity contribution >= 4 is 52.0 Å². The molecule has 2 rings (SSSR count). The number of amides is 2. The highest BCUT2D eigenvalue weighted by atomic mass is 35.5. The molecule has 0 saturated heterocycles. The molecule has 0 aliphatic heterocycles. The summed E-state index contributed by atoms with van der Waals surface area (Å²) in [5, 5.41) is 6.06. The van der Waals surface area contributed by atoms with E-state index in [0.29, 0.717) is 11.7 Å². The first-order chi connectivity index (χ1) is 10.7. The molecule has 0 spiro atoms. The standard InChI is InChI=1S/C15H20N4O2S2.ClH/c1-8-12(11-6-5-10(23-11)7-17-9(2)20)18-14(22-8)19-13(21)15(3,4)16;/h5-6H,7,16H2,1-4H3,(H,17,20)(H,18,19,21);1H. The molecule has 0 bridgehead atoms. The zero-order chi connectivity index (χ0) is 17.2. The number of nitrogens with zero attached hydrogens (tertiary/aromatic N) is 1. The van der Waals surface area contributed by atoms with Crippen LogP contribution in [0, 0.1) is 6.92 Å². The highest BCUT2D eigenvalue weighted by Crippen LogP contribution is 2.34. The van der Waals surface area contributed by atoms with Crippen LogP contribution in [0.15, 0.2) is 12.1 Å². The summed E-state index contributed by atoms with van der Waals surface area (Å²) in [6, 6.07) is 3.94. The molecule has 0 radical (unpaired) electrons. The van der Waals surface area contributed by atoms with Crippen LogP contribution >= 0.6 is 35.1 Å². The molecular weight excluding hydrogens is 368 g/mol. The predicted molar refractivity (Wildman–Crippen MR) is 102 cm³/mol. The van der Waals surface area contributed by atoms with Gasteiger partial charge >= 0.3 is 0 Å². The van der Waals surface area contributed by atoms with Gasteiger partial charge in [-0.3, -0.25) is 9.59 Å². The number of nitrogens with one attached hydrogen (secondary N) is 2. The molecule has 0 saturated carbocycles. The molecule has 0 aliphatic rings. The fourth-order valence-electron chi connectivity index (χ4n) is 1.75. The summed E-state index contributed by atoms with van der Waals surface area (Å²) < 4.78 is 0. The minimum atomic E-state index is -0.950. The molecule has 2 heterocycles. The first kappa shape index (κ1) is 20.6. The van der Waals surface area contributed by atoms with E-state index in [-0.39, 0.29) is 24.2 Å². The van der Waals surface area contributed by atoms with Crippen LogP contribution in [0.5, 0.6) is 0 Å². The maximum Gasteiger partial charge on any atom is 0.245 e. The Kier molecular flexibility index (Phi) is 6.91. The zero-order valence-electron chi connectivity index (χ0n) is 13.9. The molecule has 9 heteroatoms. The number of halogens is 1. The van der Waals surface area contributed by atoms with Gasteiger partial charge in [-0.15, -0.1) is 35.1 Å². The molecule has 0 aliphatic carbocycles. The Hall–Kier alpha value is -1.48. The minimum absolute atomic E-state index is 0. The Labute approximate surface area is 155 Å². The lowest BCUT2D eigenvalue weighted by molar-refractivity contribution is -0.120. The van der Waals surface area contributed by atoms with Crippen molar-refractivity contribution in [3.8, 4) is 10.6 Å². The SMILES string of the molecule is CC(=O)NCc1ccc(-c2nc(NC(=O)C(C)(C)N)sc2C)s1.Cl. The monoisotopic (exact) mass is 388 g/mol. The Morgan fingerprint density at radius 3 is 2.54 bits per heavy atom. The van der Waals surface area contributed by atoms with Gasteiger partial charge < -0.3 is 16.4 Å². The molecule has 132 valence electrons. The Bertz CT molecular complexity index is 734. The Balaban J connectivity index is 0.00000288. The summed E-state index contributed by atoms with van der Waals surface area (Å²) in [5.74, 6) is -0.325. The van der Waals surface area contributed by atoms with Gasteiger partial charge in [0, 0.05) is 16.7 Å². The van der Waals surface area contributed by atoms with Crippen molar-refractivity contribution < 1.29 is 9.59 Å². The highest BCUT2D eigenvalue weighted by molar-refractivity contribution is 7.18. The van der Waals surface area contributed by atoms with E-state index in [9.17, 15) is 9.59 Å². The lowest BCUT2D eigenvalue weighted by Gasteiger charge is -2.16. The molecule has 0 fully saturated rings. The van der Waals surface area contributed by atoms with Crippen LogP contribution in [0.25, 0.3) is 10.6 Å². The van der Waals surface area contributed by atoms with Crippen molar-refractivity contribution in [3.63, 3.8) is 0 Å². The number of rotatable bonds is 5. The van der Waals surface area contributed by atoms with Crippen LogP contribution in [0.3, 0.4) is 0 Å². The van der Waals surface area contributed by atoms with E-state index in [1.807, 2.05) is 19.1 Å². The summed E-state index contributed by atoms with van der Waals surface area (Å²) in [6.45, 7) is 7.26. The van der Waals surface area contributed by atoms with E-state index >= 15 is 0 Å². The number of nitrogens with two attached hydrogens (primary N) is 1. The van der Waals surface area contributed by atoms with Crippen molar-refractivity contribution in [1.82, 2.24) is 10.3 Å². The third-order valence-corrected chi connectivity index (χ3v) is 4.99. The van der Waals surface area contributed by atoms with Gasteiger partial charge in [-0.25, -0.2) is 4.98 Å². The van der Waals surface area contributed by atoms with Gasteiger partial charge in [0.15, 0.2) is 5.13 Å². The lowest BCUT2D eigenvalue weighted by atomic mass is 10.1. The smallest absolute Gasteiger partial charge is 0.245 e. The Morgan fingerprint density at radius 1 is 1.29 bits per heavy atom. The number of anilines is 1. The van der Waals surface area contributed by atoms with Gasteiger partial charge in [0.05, 0.1) is 22.7 Å². The number of aromatic nitrogens is 1. The van der Waals surface area contributed by atoms with Crippen LogP contribution < -0.4 is 16.4 Å². The average molecular weight is 389 g/mol. The van der Waals surface area contributed by atoms with Crippen LogP contribution in [0.2, 0.25) is 0 Å². The predicted octanol–water partition coefficient (Wildman–Crippen LogP) is 2.91. The highest BCUT2D eigenvalue weighted by Gasteiger charge is 2.23. The summed E-state index contributed by atoms with van der Waals surface area (Å²) in [6.07, 6.45) is 0. The van der Waals surface area contributed by atoms with Gasteiger partial charge in [-0.1, -0.05) is 0 Å². The number of thiazole rings is 1. The van der Waals surface area contributed by atoms with E-state index in [0.717, 1.165) is 20.3 Å². The number of thiophene rings is 1. The van der Waals surface area contributed by atoms with Crippen molar-refractivity contribution in [1.29, 1.82) is 0 Å². The van der Waals surface area contributed by atoms with E-state index in [1.54, 1.807) is 25.2 Å². The molecule has 2 aromatic rings. The number of hydrogen-bond acceptors (Lipinski definition) is 6. The maximum atomic E-state index is 11.9. The largest absolute Gasteiger partial charge is 0.351 e. The molecule has 24 heavy (non-hydrogen) atoms.